The number of nitrogens with one attached hydrogen (secondary N) is 1. The van der Waals surface area contributed by atoms with Crippen LogP contribution in [0.3, 0.4) is 0 Å². The number of rotatable bonds is 6. The van der Waals surface area contributed by atoms with Crippen molar-refractivity contribution < 1.29 is 4.79 Å². The van der Waals surface area contributed by atoms with Crippen molar-refractivity contribution in [2.24, 2.45) is 10.8 Å². The smallest absolute Gasteiger partial charge is 0.225 e. The maximum atomic E-state index is 12.4. The number of hydrogen-bond acceptors (Lipinski definition) is 1. The molecular formula is C15H28ClNO. The van der Waals surface area contributed by atoms with E-state index in [2.05, 4.69) is 26.1 Å². The summed E-state index contributed by atoms with van der Waals surface area (Å²) in [5.41, 5.74) is -0.0694. The molecule has 1 aliphatic carbocycles. The molecule has 2 nitrogen and oxygen atoms in total. The molecule has 3 heteroatoms. The molecule has 106 valence electrons. The molecule has 0 heterocycles. The fourth-order valence-corrected chi connectivity index (χ4v) is 3.25. The second-order valence-electron chi connectivity index (χ2n) is 6.14. The van der Waals surface area contributed by atoms with E-state index >= 15 is 0 Å². The minimum atomic E-state index is -0.141. The summed E-state index contributed by atoms with van der Waals surface area (Å²) in [5, 5.41) is 3.16. The highest BCUT2D eigenvalue weighted by molar-refractivity contribution is 6.18. The van der Waals surface area contributed by atoms with E-state index in [0.717, 1.165) is 32.2 Å². The third-order valence-electron chi connectivity index (χ3n) is 4.91. The van der Waals surface area contributed by atoms with E-state index in [0.29, 0.717) is 5.88 Å². The molecule has 1 aliphatic rings. The fraction of sp³-hybridized carbons (Fsp3) is 0.933. The average Bonchev–Trinajstić information content (AvgIpc) is 2.41. The van der Waals surface area contributed by atoms with Gasteiger partial charge in [0.05, 0.1) is 0 Å². The lowest BCUT2D eigenvalue weighted by atomic mass is 9.74. The van der Waals surface area contributed by atoms with Crippen LogP contribution >= 0.6 is 11.6 Å². The first-order valence-corrected chi connectivity index (χ1v) is 7.89. The van der Waals surface area contributed by atoms with Crippen LogP contribution in [-0.2, 0) is 4.79 Å². The maximum absolute atomic E-state index is 12.4. The van der Waals surface area contributed by atoms with Gasteiger partial charge in [-0.2, -0.15) is 0 Å². The van der Waals surface area contributed by atoms with Crippen LogP contribution in [-0.4, -0.2) is 18.3 Å². The number of carbonyl (C=O) groups excluding carboxylic acids is 1. The normalized spacial score (nSPS) is 19.6. The van der Waals surface area contributed by atoms with Crippen LogP contribution in [0.4, 0.5) is 0 Å². The molecule has 0 aromatic heterocycles. The highest BCUT2D eigenvalue weighted by Gasteiger charge is 2.35. The molecule has 0 radical (unpaired) electrons. The Kier molecular flexibility index (Phi) is 5.97. The molecule has 1 N–H and O–H groups in total. The summed E-state index contributed by atoms with van der Waals surface area (Å²) in [4.78, 5) is 12.4. The average molecular weight is 274 g/mol. The monoisotopic (exact) mass is 273 g/mol. The van der Waals surface area contributed by atoms with Gasteiger partial charge in [0.2, 0.25) is 5.91 Å². The number of alkyl halides is 1. The van der Waals surface area contributed by atoms with E-state index in [1.807, 2.05) is 0 Å². The Hall–Kier alpha value is -0.240. The lowest BCUT2D eigenvalue weighted by Gasteiger charge is -2.35. The van der Waals surface area contributed by atoms with Gasteiger partial charge in [0, 0.05) is 23.3 Å². The SMILES string of the molecule is CCC(CC)(CCl)CNC(=O)C1(C)CCCCC1. The van der Waals surface area contributed by atoms with Gasteiger partial charge in [-0.25, -0.2) is 0 Å². The van der Waals surface area contributed by atoms with E-state index in [1.165, 1.54) is 19.3 Å². The summed E-state index contributed by atoms with van der Waals surface area (Å²) in [6.45, 7) is 7.14. The van der Waals surface area contributed by atoms with Gasteiger partial charge in [-0.1, -0.05) is 40.0 Å². The summed E-state index contributed by atoms with van der Waals surface area (Å²) in [6.07, 6.45) is 7.75. The molecule has 1 fully saturated rings. The molecule has 0 bridgehead atoms. The van der Waals surface area contributed by atoms with Gasteiger partial charge in [-0.15, -0.1) is 11.6 Å². The van der Waals surface area contributed by atoms with Gasteiger partial charge in [0.1, 0.15) is 0 Å². The standard InChI is InChI=1S/C15H28ClNO/c1-4-15(5-2,11-16)12-17-13(18)14(3)9-7-6-8-10-14/h4-12H2,1-3H3,(H,17,18). The van der Waals surface area contributed by atoms with E-state index in [-0.39, 0.29) is 16.7 Å². The lowest BCUT2D eigenvalue weighted by Crippen LogP contribution is -2.45. The summed E-state index contributed by atoms with van der Waals surface area (Å²) >= 11 is 6.08. The molecule has 0 aromatic carbocycles. The quantitative estimate of drug-likeness (QED) is 0.725. The number of amides is 1. The predicted octanol–water partition coefficient (Wildman–Crippen LogP) is 4.12. The van der Waals surface area contributed by atoms with Crippen molar-refractivity contribution in [3.05, 3.63) is 0 Å². The van der Waals surface area contributed by atoms with Gasteiger partial charge in [-0.05, 0) is 25.7 Å². The molecule has 0 aromatic rings. The molecular weight excluding hydrogens is 246 g/mol. The van der Waals surface area contributed by atoms with Crippen LogP contribution in [0.25, 0.3) is 0 Å². The van der Waals surface area contributed by atoms with Gasteiger partial charge >= 0.3 is 0 Å². The minimum absolute atomic E-state index is 0.0717. The Morgan fingerprint density at radius 1 is 1.22 bits per heavy atom. The number of carbonyl (C=O) groups is 1. The molecule has 1 saturated carbocycles. The third kappa shape index (κ3) is 3.63. The van der Waals surface area contributed by atoms with Crippen LogP contribution < -0.4 is 5.32 Å². The highest BCUT2D eigenvalue weighted by Crippen LogP contribution is 2.36. The summed E-state index contributed by atoms with van der Waals surface area (Å²) in [7, 11) is 0. The number of hydrogen-bond donors (Lipinski definition) is 1. The van der Waals surface area contributed by atoms with Crippen molar-refractivity contribution in [2.75, 3.05) is 12.4 Å². The van der Waals surface area contributed by atoms with Gasteiger partial charge in [-0.3, -0.25) is 4.79 Å². The Morgan fingerprint density at radius 3 is 2.22 bits per heavy atom. The maximum Gasteiger partial charge on any atom is 0.225 e. The van der Waals surface area contributed by atoms with Crippen LogP contribution in [0.2, 0.25) is 0 Å². The molecule has 18 heavy (non-hydrogen) atoms. The van der Waals surface area contributed by atoms with Crippen molar-refractivity contribution >= 4 is 17.5 Å². The van der Waals surface area contributed by atoms with Crippen molar-refractivity contribution in [3.63, 3.8) is 0 Å². The zero-order chi connectivity index (χ0) is 13.6. The van der Waals surface area contributed by atoms with E-state index in [4.69, 9.17) is 11.6 Å². The van der Waals surface area contributed by atoms with Crippen LogP contribution in [0.1, 0.15) is 65.7 Å². The molecule has 0 unspecified atom stereocenters. The molecule has 0 spiro atoms. The molecule has 0 atom stereocenters. The zero-order valence-electron chi connectivity index (χ0n) is 12.2. The minimum Gasteiger partial charge on any atom is -0.355 e. The first-order valence-electron chi connectivity index (χ1n) is 7.36. The second-order valence-corrected chi connectivity index (χ2v) is 6.41. The highest BCUT2D eigenvalue weighted by atomic mass is 35.5. The van der Waals surface area contributed by atoms with Crippen molar-refractivity contribution in [1.29, 1.82) is 0 Å². The Morgan fingerprint density at radius 2 is 1.78 bits per heavy atom. The first-order chi connectivity index (χ1) is 8.52. The Labute approximate surface area is 117 Å². The first kappa shape index (κ1) is 15.8. The van der Waals surface area contributed by atoms with E-state index in [1.54, 1.807) is 0 Å². The fourth-order valence-electron chi connectivity index (χ4n) is 2.78. The molecule has 0 saturated heterocycles. The topological polar surface area (TPSA) is 29.1 Å². The molecule has 0 aliphatic heterocycles. The zero-order valence-corrected chi connectivity index (χ0v) is 12.9. The van der Waals surface area contributed by atoms with E-state index in [9.17, 15) is 4.79 Å². The predicted molar refractivity (Wildman–Crippen MR) is 77.9 cm³/mol. The van der Waals surface area contributed by atoms with Crippen LogP contribution in [0.5, 0.6) is 0 Å². The second kappa shape index (κ2) is 6.79. The Bertz CT molecular complexity index is 259. The summed E-state index contributed by atoms with van der Waals surface area (Å²) < 4.78 is 0. The van der Waals surface area contributed by atoms with Crippen LogP contribution in [0, 0.1) is 10.8 Å². The van der Waals surface area contributed by atoms with Gasteiger partial charge < -0.3 is 5.32 Å². The summed E-state index contributed by atoms with van der Waals surface area (Å²) in [5.74, 6) is 0.857. The van der Waals surface area contributed by atoms with Crippen molar-refractivity contribution in [3.8, 4) is 0 Å². The van der Waals surface area contributed by atoms with Crippen molar-refractivity contribution in [1.82, 2.24) is 5.32 Å². The Balaban J connectivity index is 2.54. The van der Waals surface area contributed by atoms with Gasteiger partial charge in [0.15, 0.2) is 0 Å². The third-order valence-corrected chi connectivity index (χ3v) is 5.48. The lowest BCUT2D eigenvalue weighted by molar-refractivity contribution is -0.132. The molecule has 1 rings (SSSR count). The van der Waals surface area contributed by atoms with Gasteiger partial charge in [0.25, 0.3) is 0 Å². The summed E-state index contributed by atoms with van der Waals surface area (Å²) in [6, 6.07) is 0. The molecule has 1 amide bonds. The number of halogens is 1. The van der Waals surface area contributed by atoms with E-state index < -0.39 is 0 Å². The van der Waals surface area contributed by atoms with Crippen molar-refractivity contribution in [2.45, 2.75) is 65.7 Å². The van der Waals surface area contributed by atoms with Crippen LogP contribution in [0.15, 0.2) is 0 Å². The largest absolute Gasteiger partial charge is 0.355 e.